The molecule has 0 bridgehead atoms. The van der Waals surface area contributed by atoms with E-state index in [0.29, 0.717) is 17.5 Å². The van der Waals surface area contributed by atoms with Crippen LogP contribution >= 0.6 is 0 Å². The van der Waals surface area contributed by atoms with Gasteiger partial charge in [-0.05, 0) is 58.3 Å². The molecular weight excluding hydrogens is 590 g/mol. The van der Waals surface area contributed by atoms with Gasteiger partial charge in [0.2, 0.25) is 0 Å². The lowest BCUT2D eigenvalue weighted by molar-refractivity contribution is 0.668. The molecule has 0 fully saturated rings. The van der Waals surface area contributed by atoms with Crippen LogP contribution in [0.1, 0.15) is 0 Å². The number of furan rings is 2. The van der Waals surface area contributed by atoms with Crippen molar-refractivity contribution in [3.8, 4) is 45.3 Å². The highest BCUT2D eigenvalue weighted by Crippen LogP contribution is 2.43. The second-order valence-electron chi connectivity index (χ2n) is 12.0. The Kier molecular flexibility index (Phi) is 5.81. The highest BCUT2D eigenvalue weighted by atomic mass is 16.3. The number of hydrogen-bond acceptors (Lipinski definition) is 5. The quantitative estimate of drug-likeness (QED) is 0.197. The minimum Gasteiger partial charge on any atom is -0.456 e. The van der Waals surface area contributed by atoms with Gasteiger partial charge in [-0.3, -0.25) is 0 Å². The first-order valence-corrected chi connectivity index (χ1v) is 15.9. The zero-order valence-electron chi connectivity index (χ0n) is 25.6. The maximum atomic E-state index is 6.66. The molecule has 0 saturated carbocycles. The molecule has 0 spiro atoms. The molecule has 0 unspecified atom stereocenters. The molecule has 0 aliphatic rings. The summed E-state index contributed by atoms with van der Waals surface area (Å²) in [5, 5.41) is 6.46. The molecule has 0 aliphatic carbocycles. The van der Waals surface area contributed by atoms with Crippen LogP contribution in [-0.4, -0.2) is 15.0 Å². The Balaban J connectivity index is 1.29. The molecule has 0 aliphatic heterocycles. The van der Waals surface area contributed by atoms with E-state index in [9.17, 15) is 0 Å². The van der Waals surface area contributed by atoms with Crippen molar-refractivity contribution in [1.82, 2.24) is 15.0 Å². The van der Waals surface area contributed by atoms with Gasteiger partial charge >= 0.3 is 0 Å². The molecular formula is C43H25N3O2. The summed E-state index contributed by atoms with van der Waals surface area (Å²) in [6.45, 7) is 0. The van der Waals surface area contributed by atoms with E-state index in [0.717, 1.165) is 82.5 Å². The average Bonchev–Trinajstić information content (AvgIpc) is 3.73. The minimum absolute atomic E-state index is 0.579. The molecule has 10 aromatic rings. The maximum Gasteiger partial charge on any atom is 0.164 e. The Bertz CT molecular complexity index is 2780. The zero-order chi connectivity index (χ0) is 31.6. The first kappa shape index (κ1) is 26.6. The van der Waals surface area contributed by atoms with Gasteiger partial charge in [0.25, 0.3) is 0 Å². The molecule has 0 saturated heterocycles. The number of fused-ring (bicyclic) bond motifs is 8. The summed E-state index contributed by atoms with van der Waals surface area (Å²) >= 11 is 0. The minimum atomic E-state index is 0.579. The van der Waals surface area contributed by atoms with Crippen LogP contribution in [0, 0.1) is 0 Å². The average molecular weight is 616 g/mol. The molecule has 5 heteroatoms. The van der Waals surface area contributed by atoms with E-state index in [1.807, 2.05) is 78.9 Å². The van der Waals surface area contributed by atoms with Gasteiger partial charge < -0.3 is 8.83 Å². The van der Waals surface area contributed by atoms with Gasteiger partial charge in [0.05, 0.1) is 0 Å². The Labute approximate surface area is 274 Å². The Morgan fingerprint density at radius 3 is 1.71 bits per heavy atom. The summed E-state index contributed by atoms with van der Waals surface area (Å²) in [4.78, 5) is 15.3. The number of para-hydroxylation sites is 1. The van der Waals surface area contributed by atoms with E-state index in [-0.39, 0.29) is 0 Å². The molecule has 0 amide bonds. The fourth-order valence-corrected chi connectivity index (χ4v) is 6.84. The van der Waals surface area contributed by atoms with E-state index in [4.69, 9.17) is 23.8 Å². The molecule has 48 heavy (non-hydrogen) atoms. The molecule has 3 aromatic heterocycles. The molecule has 10 rings (SSSR count). The maximum absolute atomic E-state index is 6.66. The van der Waals surface area contributed by atoms with Gasteiger partial charge in [0.15, 0.2) is 17.5 Å². The molecule has 0 atom stereocenters. The van der Waals surface area contributed by atoms with Crippen molar-refractivity contribution in [2.24, 2.45) is 0 Å². The third-order valence-electron chi connectivity index (χ3n) is 9.12. The first-order chi connectivity index (χ1) is 23.8. The zero-order valence-corrected chi connectivity index (χ0v) is 25.6. The number of nitrogens with zero attached hydrogens (tertiary/aromatic N) is 3. The highest BCUT2D eigenvalue weighted by molar-refractivity contribution is 6.23. The fraction of sp³-hybridized carbons (Fsp3) is 0. The van der Waals surface area contributed by atoms with Gasteiger partial charge in [0, 0.05) is 38.2 Å². The van der Waals surface area contributed by atoms with Gasteiger partial charge in [0.1, 0.15) is 22.3 Å². The fourth-order valence-electron chi connectivity index (χ4n) is 6.84. The van der Waals surface area contributed by atoms with Crippen LogP contribution in [0.3, 0.4) is 0 Å². The van der Waals surface area contributed by atoms with E-state index >= 15 is 0 Å². The number of aromatic nitrogens is 3. The molecule has 0 radical (unpaired) electrons. The number of benzene rings is 7. The topological polar surface area (TPSA) is 65.0 Å². The van der Waals surface area contributed by atoms with Crippen LogP contribution in [0.5, 0.6) is 0 Å². The van der Waals surface area contributed by atoms with Crippen molar-refractivity contribution >= 4 is 54.6 Å². The molecule has 224 valence electrons. The van der Waals surface area contributed by atoms with E-state index in [2.05, 4.69) is 72.8 Å². The number of hydrogen-bond donors (Lipinski definition) is 0. The Hall–Kier alpha value is -6.59. The lowest BCUT2D eigenvalue weighted by Crippen LogP contribution is -2.00. The summed E-state index contributed by atoms with van der Waals surface area (Å²) in [5.74, 6) is 1.80. The van der Waals surface area contributed by atoms with Crippen LogP contribution in [0.4, 0.5) is 0 Å². The monoisotopic (exact) mass is 615 g/mol. The van der Waals surface area contributed by atoms with E-state index < -0.39 is 0 Å². The van der Waals surface area contributed by atoms with Crippen molar-refractivity contribution in [3.05, 3.63) is 152 Å². The first-order valence-electron chi connectivity index (χ1n) is 15.9. The number of rotatable bonds is 4. The third kappa shape index (κ3) is 4.22. The summed E-state index contributed by atoms with van der Waals surface area (Å²) in [6, 6.07) is 51.6. The normalized spacial score (nSPS) is 11.8. The van der Waals surface area contributed by atoms with Gasteiger partial charge in [-0.2, -0.15) is 0 Å². The summed E-state index contributed by atoms with van der Waals surface area (Å²) in [7, 11) is 0. The highest BCUT2D eigenvalue weighted by Gasteiger charge is 2.21. The predicted octanol–water partition coefficient (Wildman–Crippen LogP) is 11.5. The Morgan fingerprint density at radius 1 is 0.333 bits per heavy atom. The summed E-state index contributed by atoms with van der Waals surface area (Å²) in [6.07, 6.45) is 0. The summed E-state index contributed by atoms with van der Waals surface area (Å²) in [5.41, 5.74) is 7.99. The molecule has 7 aromatic carbocycles. The van der Waals surface area contributed by atoms with E-state index in [1.54, 1.807) is 0 Å². The SMILES string of the molecule is c1ccc(-c2nc(-c3ccccc3)nc(-c3cc(-c4ccc5c(c4)oc4ccccc45)cc4oc5ccc6ccccc6c5c34)n2)cc1. The lowest BCUT2D eigenvalue weighted by Gasteiger charge is -2.11. The Morgan fingerprint density at radius 2 is 0.938 bits per heavy atom. The van der Waals surface area contributed by atoms with Crippen molar-refractivity contribution < 1.29 is 8.83 Å². The smallest absolute Gasteiger partial charge is 0.164 e. The van der Waals surface area contributed by atoms with Crippen LogP contribution in [0.2, 0.25) is 0 Å². The van der Waals surface area contributed by atoms with E-state index in [1.165, 1.54) is 0 Å². The molecule has 5 nitrogen and oxygen atoms in total. The van der Waals surface area contributed by atoms with Gasteiger partial charge in [-0.1, -0.05) is 115 Å². The predicted molar refractivity (Wildman–Crippen MR) is 194 cm³/mol. The molecule has 3 heterocycles. The van der Waals surface area contributed by atoms with Crippen LogP contribution in [0.15, 0.2) is 160 Å². The second kappa shape index (κ2) is 10.5. The second-order valence-corrected chi connectivity index (χ2v) is 12.0. The third-order valence-corrected chi connectivity index (χ3v) is 9.12. The van der Waals surface area contributed by atoms with Gasteiger partial charge in [-0.25, -0.2) is 15.0 Å². The summed E-state index contributed by atoms with van der Waals surface area (Å²) < 4.78 is 12.9. The van der Waals surface area contributed by atoms with Crippen LogP contribution in [-0.2, 0) is 0 Å². The van der Waals surface area contributed by atoms with Gasteiger partial charge in [-0.15, -0.1) is 0 Å². The largest absolute Gasteiger partial charge is 0.456 e. The molecule has 0 N–H and O–H groups in total. The standard InChI is InChI=1S/C43H25N3O2/c1-3-12-27(13-4-1)41-44-42(28-14-5-2-6-15-28)46-43(45-41)34-23-30(29-19-21-33-32-17-9-10-18-35(32)47-37(33)24-29)25-38-40(34)39-31-16-8-7-11-26(31)20-22-36(39)48-38/h1-25H. The van der Waals surface area contributed by atoms with Crippen molar-refractivity contribution in [1.29, 1.82) is 0 Å². The van der Waals surface area contributed by atoms with Crippen molar-refractivity contribution in [2.45, 2.75) is 0 Å². The van der Waals surface area contributed by atoms with Crippen molar-refractivity contribution in [3.63, 3.8) is 0 Å². The van der Waals surface area contributed by atoms with Crippen LogP contribution < -0.4 is 0 Å². The van der Waals surface area contributed by atoms with Crippen LogP contribution in [0.25, 0.3) is 99.9 Å². The lowest BCUT2D eigenvalue weighted by atomic mass is 9.95. The van der Waals surface area contributed by atoms with Crippen molar-refractivity contribution in [2.75, 3.05) is 0 Å².